The van der Waals surface area contributed by atoms with Gasteiger partial charge in [-0.05, 0) is 106 Å². The monoisotopic (exact) mass is 480 g/mol. The summed E-state index contributed by atoms with van der Waals surface area (Å²) >= 11 is 0. The molecule has 4 bridgehead atoms. The second kappa shape index (κ2) is 10.9. The molecule has 2 N–H and O–H groups in total. The lowest BCUT2D eigenvalue weighted by molar-refractivity contribution is -0.131. The molecule has 1 aromatic carbocycles. The number of amides is 2. The van der Waals surface area contributed by atoms with E-state index >= 15 is 0 Å². The fraction of sp³-hybridized carbons (Fsp3) is 0.724. The van der Waals surface area contributed by atoms with Gasteiger partial charge in [-0.2, -0.15) is 0 Å². The molecule has 1 aromatic rings. The first kappa shape index (κ1) is 24.6. The van der Waals surface area contributed by atoms with E-state index in [-0.39, 0.29) is 23.8 Å². The van der Waals surface area contributed by atoms with Crippen LogP contribution in [0.15, 0.2) is 24.3 Å². The first-order chi connectivity index (χ1) is 17.0. The van der Waals surface area contributed by atoms with Crippen LogP contribution in [0.5, 0.6) is 0 Å². The molecule has 6 nitrogen and oxygen atoms in total. The molecule has 5 aliphatic rings. The van der Waals surface area contributed by atoms with Crippen molar-refractivity contribution in [2.75, 3.05) is 50.7 Å². The van der Waals surface area contributed by atoms with Gasteiger partial charge in [-0.1, -0.05) is 12.1 Å². The molecular weight excluding hydrogens is 436 g/mol. The summed E-state index contributed by atoms with van der Waals surface area (Å²) in [5.74, 6) is 2.58. The van der Waals surface area contributed by atoms with Crippen LogP contribution in [0.25, 0.3) is 0 Å². The number of carbonyl (C=O) groups excluding carboxylic acids is 2. The molecule has 6 heteroatoms. The number of unbranched alkanes of at least 4 members (excludes halogenated alkanes) is 1. The van der Waals surface area contributed by atoms with E-state index in [1.54, 1.807) is 0 Å². The Bertz CT molecular complexity index is 857. The van der Waals surface area contributed by atoms with Gasteiger partial charge in [0.15, 0.2) is 0 Å². The number of nitrogens with one attached hydrogen (secondary N) is 2. The minimum Gasteiger partial charge on any atom is -0.369 e. The van der Waals surface area contributed by atoms with Crippen LogP contribution in [0.3, 0.4) is 0 Å². The number of carbonyl (C=O) groups is 2. The van der Waals surface area contributed by atoms with E-state index in [2.05, 4.69) is 51.6 Å². The summed E-state index contributed by atoms with van der Waals surface area (Å²) in [6.45, 7) is 8.37. The highest BCUT2D eigenvalue weighted by molar-refractivity contribution is 5.84. The summed E-state index contributed by atoms with van der Waals surface area (Å²) in [6, 6.07) is 8.76. The Balaban J connectivity index is 0.914. The standard InChI is InChI=1S/C29H44N4O2/c1-22-5-4-6-26(13-22)33-11-9-32(10-12-33)8-3-2-7-30-28(35)21-31-27(34)20-29-17-23-14-24(18-29)16-25(15-23)19-29/h4-6,13,23-25H,2-3,7-12,14-21H2,1H3,(H,30,35)(H,31,34). The first-order valence-corrected chi connectivity index (χ1v) is 14.0. The number of piperazine rings is 1. The van der Waals surface area contributed by atoms with Crippen molar-refractivity contribution >= 4 is 17.5 Å². The van der Waals surface area contributed by atoms with Gasteiger partial charge in [0, 0.05) is 44.8 Å². The molecule has 4 saturated carbocycles. The highest BCUT2D eigenvalue weighted by atomic mass is 16.2. The van der Waals surface area contributed by atoms with E-state index in [4.69, 9.17) is 0 Å². The van der Waals surface area contributed by atoms with Crippen molar-refractivity contribution in [2.24, 2.45) is 23.2 Å². The number of rotatable bonds is 10. The highest BCUT2D eigenvalue weighted by Gasteiger charge is 2.51. The van der Waals surface area contributed by atoms with Crippen molar-refractivity contribution in [2.45, 2.75) is 64.7 Å². The minimum atomic E-state index is -0.0596. The van der Waals surface area contributed by atoms with E-state index in [9.17, 15) is 9.59 Å². The normalized spacial score (nSPS) is 29.9. The van der Waals surface area contributed by atoms with Gasteiger partial charge in [-0.3, -0.25) is 14.5 Å². The van der Waals surface area contributed by atoms with Crippen molar-refractivity contribution in [1.29, 1.82) is 0 Å². The third-order valence-corrected chi connectivity index (χ3v) is 9.11. The van der Waals surface area contributed by atoms with Gasteiger partial charge in [-0.25, -0.2) is 0 Å². The van der Waals surface area contributed by atoms with E-state index in [0.29, 0.717) is 13.0 Å². The smallest absolute Gasteiger partial charge is 0.239 e. The third-order valence-electron chi connectivity index (χ3n) is 9.11. The minimum absolute atomic E-state index is 0.0596. The lowest BCUT2D eigenvalue weighted by Gasteiger charge is -2.56. The van der Waals surface area contributed by atoms with Crippen LogP contribution in [0.2, 0.25) is 0 Å². The average molecular weight is 481 g/mol. The highest BCUT2D eigenvalue weighted by Crippen LogP contribution is 2.61. The summed E-state index contributed by atoms with van der Waals surface area (Å²) in [4.78, 5) is 29.8. The van der Waals surface area contributed by atoms with Gasteiger partial charge < -0.3 is 15.5 Å². The second-order valence-corrected chi connectivity index (χ2v) is 12.1. The summed E-state index contributed by atoms with van der Waals surface area (Å²) < 4.78 is 0. The Kier molecular flexibility index (Phi) is 7.66. The molecular formula is C29H44N4O2. The van der Waals surface area contributed by atoms with E-state index < -0.39 is 0 Å². The van der Waals surface area contributed by atoms with Crippen molar-refractivity contribution in [1.82, 2.24) is 15.5 Å². The molecule has 192 valence electrons. The number of anilines is 1. The van der Waals surface area contributed by atoms with E-state index in [1.807, 2.05) is 0 Å². The maximum atomic E-state index is 12.6. The van der Waals surface area contributed by atoms with Gasteiger partial charge >= 0.3 is 0 Å². The molecule has 5 fully saturated rings. The number of benzene rings is 1. The largest absolute Gasteiger partial charge is 0.369 e. The van der Waals surface area contributed by atoms with Gasteiger partial charge in [0.2, 0.25) is 11.8 Å². The molecule has 35 heavy (non-hydrogen) atoms. The Labute approximate surface area is 211 Å². The van der Waals surface area contributed by atoms with E-state index in [0.717, 1.165) is 63.3 Å². The van der Waals surface area contributed by atoms with Crippen molar-refractivity contribution < 1.29 is 9.59 Å². The fourth-order valence-electron chi connectivity index (χ4n) is 7.89. The summed E-state index contributed by atoms with van der Waals surface area (Å²) in [5.41, 5.74) is 2.88. The van der Waals surface area contributed by atoms with Gasteiger partial charge in [0.05, 0.1) is 6.54 Å². The SMILES string of the molecule is Cc1cccc(N2CCN(CCCCNC(=O)CNC(=O)CC34CC5CC(CC(C5)C3)C4)CC2)c1. The van der Waals surface area contributed by atoms with Crippen molar-refractivity contribution in [3.8, 4) is 0 Å². The molecule has 4 aliphatic carbocycles. The van der Waals surface area contributed by atoms with Crippen molar-refractivity contribution in [3.63, 3.8) is 0 Å². The number of hydrogen-bond donors (Lipinski definition) is 2. The van der Waals surface area contributed by atoms with Crippen LogP contribution in [-0.2, 0) is 9.59 Å². The van der Waals surface area contributed by atoms with Crippen LogP contribution >= 0.6 is 0 Å². The van der Waals surface area contributed by atoms with Crippen molar-refractivity contribution in [3.05, 3.63) is 29.8 Å². The quantitative estimate of drug-likeness (QED) is 0.501. The second-order valence-electron chi connectivity index (χ2n) is 12.1. The van der Waals surface area contributed by atoms with Crippen LogP contribution in [0.1, 0.15) is 63.4 Å². The molecule has 6 rings (SSSR count). The lowest BCUT2D eigenvalue weighted by atomic mass is 9.49. The molecule has 0 unspecified atom stereocenters. The van der Waals surface area contributed by atoms with E-state index in [1.165, 1.54) is 49.8 Å². The van der Waals surface area contributed by atoms with Gasteiger partial charge in [0.1, 0.15) is 0 Å². The average Bonchev–Trinajstić information content (AvgIpc) is 2.82. The molecule has 1 heterocycles. The molecule has 0 radical (unpaired) electrons. The first-order valence-electron chi connectivity index (χ1n) is 14.0. The van der Waals surface area contributed by atoms with Crippen LogP contribution < -0.4 is 15.5 Å². The Hall–Kier alpha value is -2.08. The summed E-state index contributed by atoms with van der Waals surface area (Å²) in [5, 5.41) is 5.90. The zero-order valence-electron chi connectivity index (χ0n) is 21.6. The summed E-state index contributed by atoms with van der Waals surface area (Å²) in [7, 11) is 0. The Morgan fingerprint density at radius 1 is 0.914 bits per heavy atom. The fourth-order valence-corrected chi connectivity index (χ4v) is 7.89. The Morgan fingerprint density at radius 2 is 1.60 bits per heavy atom. The molecule has 0 atom stereocenters. The number of hydrogen-bond acceptors (Lipinski definition) is 4. The topological polar surface area (TPSA) is 64.7 Å². The molecule has 0 spiro atoms. The van der Waals surface area contributed by atoms with Crippen LogP contribution in [-0.4, -0.2) is 62.5 Å². The number of aryl methyl sites for hydroxylation is 1. The van der Waals surface area contributed by atoms with Gasteiger partial charge in [-0.15, -0.1) is 0 Å². The maximum Gasteiger partial charge on any atom is 0.239 e. The third kappa shape index (κ3) is 6.38. The number of nitrogens with zero attached hydrogens (tertiary/aromatic N) is 2. The predicted octanol–water partition coefficient (Wildman–Crippen LogP) is 3.74. The summed E-state index contributed by atoms with van der Waals surface area (Å²) in [6.07, 6.45) is 10.6. The van der Waals surface area contributed by atoms with Gasteiger partial charge in [0.25, 0.3) is 0 Å². The molecule has 1 saturated heterocycles. The molecule has 0 aromatic heterocycles. The Morgan fingerprint density at radius 3 is 2.26 bits per heavy atom. The maximum absolute atomic E-state index is 12.6. The molecule has 2 amide bonds. The zero-order chi connectivity index (χ0) is 24.3. The van der Waals surface area contributed by atoms with Crippen LogP contribution in [0.4, 0.5) is 5.69 Å². The molecule has 1 aliphatic heterocycles. The van der Waals surface area contributed by atoms with Crippen LogP contribution in [0, 0.1) is 30.1 Å². The predicted molar refractivity (Wildman–Crippen MR) is 140 cm³/mol. The lowest BCUT2D eigenvalue weighted by Crippen LogP contribution is -2.48. The zero-order valence-corrected chi connectivity index (χ0v) is 21.6.